The summed E-state index contributed by atoms with van der Waals surface area (Å²) in [4.78, 5) is 15.9. The quantitative estimate of drug-likeness (QED) is 0.896. The van der Waals surface area contributed by atoms with E-state index >= 15 is 0 Å². The molecule has 0 bridgehead atoms. The van der Waals surface area contributed by atoms with Gasteiger partial charge in [0.15, 0.2) is 5.65 Å². The van der Waals surface area contributed by atoms with Gasteiger partial charge in [-0.15, -0.1) is 0 Å². The Morgan fingerprint density at radius 2 is 2.09 bits per heavy atom. The first-order chi connectivity index (χ1) is 10.7. The van der Waals surface area contributed by atoms with Gasteiger partial charge in [-0.25, -0.2) is 4.98 Å². The van der Waals surface area contributed by atoms with Crippen LogP contribution in [0.15, 0.2) is 18.5 Å². The molecule has 0 saturated heterocycles. The van der Waals surface area contributed by atoms with Crippen molar-refractivity contribution in [3.05, 3.63) is 34.7 Å². The maximum Gasteiger partial charge on any atom is 0.417 e. The lowest BCUT2D eigenvalue weighted by Crippen LogP contribution is -2.26. The van der Waals surface area contributed by atoms with Gasteiger partial charge < -0.3 is 9.72 Å². The predicted octanol–water partition coefficient (Wildman–Crippen LogP) is 3.71. The third-order valence-electron chi connectivity index (χ3n) is 3.27. The Hall–Kier alpha value is -1.76. The highest BCUT2D eigenvalue weighted by Gasteiger charge is 2.31. The fourth-order valence-corrected chi connectivity index (χ4v) is 2.33. The summed E-state index contributed by atoms with van der Waals surface area (Å²) in [7, 11) is 0. The van der Waals surface area contributed by atoms with Gasteiger partial charge in [0.1, 0.15) is 0 Å². The van der Waals surface area contributed by atoms with Gasteiger partial charge in [-0.05, 0) is 18.4 Å². The molecule has 2 heterocycles. The molecule has 0 spiro atoms. The topological polar surface area (TPSA) is 46.4 Å². The van der Waals surface area contributed by atoms with Crippen LogP contribution in [0.1, 0.15) is 31.5 Å². The van der Waals surface area contributed by atoms with E-state index in [1.807, 2.05) is 0 Å². The molecule has 0 aliphatic heterocycles. The Kier molecular flexibility index (Phi) is 5.19. The Balaban J connectivity index is 2.14. The van der Waals surface area contributed by atoms with Gasteiger partial charge in [0.2, 0.25) is 5.91 Å². The van der Waals surface area contributed by atoms with E-state index in [9.17, 15) is 18.0 Å². The third kappa shape index (κ3) is 4.60. The first kappa shape index (κ1) is 17.6. The van der Waals surface area contributed by atoms with Crippen molar-refractivity contribution in [2.45, 2.75) is 32.9 Å². The molecule has 0 radical (unpaired) electrons. The minimum Gasteiger partial charge on any atom is -0.356 e. The highest BCUT2D eigenvalue weighted by Crippen LogP contribution is 2.32. The van der Waals surface area contributed by atoms with Crippen molar-refractivity contribution in [2.24, 2.45) is 5.92 Å². The van der Waals surface area contributed by atoms with Crippen LogP contribution in [-0.4, -0.2) is 21.8 Å². The normalized spacial score (nSPS) is 12.1. The summed E-state index contributed by atoms with van der Waals surface area (Å²) in [6.45, 7) is 4.66. The Morgan fingerprint density at radius 1 is 1.39 bits per heavy atom. The first-order valence-corrected chi connectivity index (χ1v) is 7.55. The fourth-order valence-electron chi connectivity index (χ4n) is 2.08. The second-order valence-electron chi connectivity index (χ2n) is 5.75. The average Bonchev–Trinajstić information content (AvgIpc) is 2.80. The van der Waals surface area contributed by atoms with Crippen LogP contribution in [0, 0.1) is 5.92 Å². The number of nitrogens with one attached hydrogen (secondary N) is 1. The molecule has 2 aromatic rings. The van der Waals surface area contributed by atoms with E-state index in [2.05, 4.69) is 24.1 Å². The third-order valence-corrected chi connectivity index (χ3v) is 3.55. The van der Waals surface area contributed by atoms with Crippen molar-refractivity contribution < 1.29 is 18.0 Å². The van der Waals surface area contributed by atoms with Crippen LogP contribution in [0.25, 0.3) is 5.65 Å². The van der Waals surface area contributed by atoms with Gasteiger partial charge >= 0.3 is 6.18 Å². The van der Waals surface area contributed by atoms with Crippen molar-refractivity contribution in [2.75, 3.05) is 6.54 Å². The van der Waals surface area contributed by atoms with Crippen LogP contribution < -0.4 is 5.32 Å². The molecule has 1 N–H and O–H groups in total. The second kappa shape index (κ2) is 6.78. The van der Waals surface area contributed by atoms with Gasteiger partial charge in [-0.1, -0.05) is 25.4 Å². The van der Waals surface area contributed by atoms with Crippen LogP contribution in [0.5, 0.6) is 0 Å². The predicted molar refractivity (Wildman–Crippen MR) is 81.4 cm³/mol. The summed E-state index contributed by atoms with van der Waals surface area (Å²) in [5.41, 5.74) is -0.293. The second-order valence-corrected chi connectivity index (χ2v) is 6.15. The largest absolute Gasteiger partial charge is 0.417 e. The zero-order chi connectivity index (χ0) is 17.2. The molecule has 8 heteroatoms. The zero-order valence-electron chi connectivity index (χ0n) is 12.7. The highest BCUT2D eigenvalue weighted by atomic mass is 35.5. The van der Waals surface area contributed by atoms with Crippen molar-refractivity contribution in [3.63, 3.8) is 0 Å². The van der Waals surface area contributed by atoms with E-state index in [4.69, 9.17) is 11.6 Å². The van der Waals surface area contributed by atoms with Crippen molar-refractivity contribution in [1.82, 2.24) is 14.7 Å². The van der Waals surface area contributed by atoms with Crippen molar-refractivity contribution >= 4 is 23.2 Å². The minimum atomic E-state index is -4.49. The van der Waals surface area contributed by atoms with Crippen LogP contribution in [0.3, 0.4) is 0 Å². The summed E-state index contributed by atoms with van der Waals surface area (Å²) in [5, 5.41) is 2.65. The summed E-state index contributed by atoms with van der Waals surface area (Å²) in [6.07, 6.45) is -1.33. The van der Waals surface area contributed by atoms with E-state index in [0.717, 1.165) is 18.7 Å². The number of hydrogen-bond donors (Lipinski definition) is 1. The molecule has 0 aliphatic carbocycles. The van der Waals surface area contributed by atoms with Crippen LogP contribution >= 0.6 is 11.6 Å². The first-order valence-electron chi connectivity index (χ1n) is 7.18. The summed E-state index contributed by atoms with van der Waals surface area (Å²) in [6, 6.07) is 0.830. The number of fused-ring (bicyclic) bond motifs is 1. The molecule has 0 aliphatic rings. The standard InChI is InChI=1S/C15H17ClF3N3O/c1-9(2)3-4-20-13(23)6-11-8-22-7-10(15(17,18)19)5-12(16)14(22)21-11/h5,7-9H,3-4,6H2,1-2H3,(H,20,23). The number of imidazole rings is 1. The number of pyridine rings is 1. The van der Waals surface area contributed by atoms with E-state index in [-0.39, 0.29) is 23.0 Å². The molecule has 0 saturated carbocycles. The average molecular weight is 348 g/mol. The number of aromatic nitrogens is 2. The molecule has 2 rings (SSSR count). The molecular formula is C15H17ClF3N3O. The van der Waals surface area contributed by atoms with E-state index in [0.29, 0.717) is 18.2 Å². The molecule has 0 fully saturated rings. The lowest BCUT2D eigenvalue weighted by molar-refractivity contribution is -0.137. The van der Waals surface area contributed by atoms with Gasteiger partial charge in [-0.3, -0.25) is 4.79 Å². The number of alkyl halides is 3. The SMILES string of the molecule is CC(C)CCNC(=O)Cc1cn2cc(C(F)(F)F)cc(Cl)c2n1. The van der Waals surface area contributed by atoms with Crippen LogP contribution in [-0.2, 0) is 17.4 Å². The minimum absolute atomic E-state index is 0.00252. The van der Waals surface area contributed by atoms with E-state index in [1.54, 1.807) is 0 Å². The number of amides is 1. The summed E-state index contributed by atoms with van der Waals surface area (Å²) >= 11 is 5.85. The van der Waals surface area contributed by atoms with E-state index in [1.165, 1.54) is 10.6 Å². The van der Waals surface area contributed by atoms with Gasteiger partial charge in [0.05, 0.1) is 22.7 Å². The monoisotopic (exact) mass is 347 g/mol. The van der Waals surface area contributed by atoms with Crippen LogP contribution in [0.4, 0.5) is 13.2 Å². The van der Waals surface area contributed by atoms with Crippen LogP contribution in [0.2, 0.25) is 5.02 Å². The molecule has 0 unspecified atom stereocenters. The fraction of sp³-hybridized carbons (Fsp3) is 0.467. The molecule has 0 aromatic carbocycles. The molecule has 4 nitrogen and oxygen atoms in total. The Labute approximate surface area is 136 Å². The number of halogens is 4. The number of nitrogens with zero attached hydrogens (tertiary/aromatic N) is 2. The van der Waals surface area contributed by atoms with Crippen molar-refractivity contribution in [1.29, 1.82) is 0 Å². The molecule has 23 heavy (non-hydrogen) atoms. The number of carbonyl (C=O) groups is 1. The summed E-state index contributed by atoms with van der Waals surface area (Å²) < 4.78 is 39.5. The van der Waals surface area contributed by atoms with Gasteiger partial charge in [-0.2, -0.15) is 13.2 Å². The lowest BCUT2D eigenvalue weighted by atomic mass is 10.1. The number of hydrogen-bond acceptors (Lipinski definition) is 2. The lowest BCUT2D eigenvalue weighted by Gasteiger charge is -2.07. The van der Waals surface area contributed by atoms with Gasteiger partial charge in [0, 0.05) is 18.9 Å². The zero-order valence-corrected chi connectivity index (χ0v) is 13.5. The Bertz CT molecular complexity index is 710. The number of rotatable bonds is 5. The smallest absolute Gasteiger partial charge is 0.356 e. The van der Waals surface area contributed by atoms with Crippen molar-refractivity contribution in [3.8, 4) is 0 Å². The van der Waals surface area contributed by atoms with Gasteiger partial charge in [0.25, 0.3) is 0 Å². The molecule has 126 valence electrons. The maximum atomic E-state index is 12.8. The maximum absolute atomic E-state index is 12.8. The Morgan fingerprint density at radius 3 is 2.70 bits per heavy atom. The highest BCUT2D eigenvalue weighted by molar-refractivity contribution is 6.33. The molecule has 1 amide bonds. The van der Waals surface area contributed by atoms with E-state index < -0.39 is 11.7 Å². The number of carbonyl (C=O) groups excluding carboxylic acids is 1. The molecule has 0 atom stereocenters. The molecular weight excluding hydrogens is 331 g/mol. The molecule has 2 aromatic heterocycles. The summed E-state index contributed by atoms with van der Waals surface area (Å²) in [5.74, 6) is 0.256.